The van der Waals surface area contributed by atoms with E-state index in [1.165, 1.54) is 0 Å². The SMILES string of the molecule is CNC(=O)COc1cccc(Oc2nc(C)nc3c2CCCC3)c1. The average molecular weight is 327 g/mol. The van der Waals surface area contributed by atoms with Gasteiger partial charge in [-0.1, -0.05) is 6.07 Å². The molecule has 0 spiro atoms. The number of hydrogen-bond donors (Lipinski definition) is 1. The maximum absolute atomic E-state index is 11.3. The molecule has 6 heteroatoms. The van der Waals surface area contributed by atoms with Crippen molar-refractivity contribution >= 4 is 5.91 Å². The fourth-order valence-electron chi connectivity index (χ4n) is 2.72. The smallest absolute Gasteiger partial charge is 0.257 e. The zero-order valence-corrected chi connectivity index (χ0v) is 14.0. The third kappa shape index (κ3) is 3.82. The topological polar surface area (TPSA) is 73.3 Å². The highest BCUT2D eigenvalue weighted by Crippen LogP contribution is 2.31. The van der Waals surface area contributed by atoms with Gasteiger partial charge < -0.3 is 14.8 Å². The standard InChI is InChI=1S/C18H21N3O3/c1-12-20-16-9-4-3-8-15(16)18(21-12)24-14-7-5-6-13(10-14)23-11-17(22)19-2/h5-7,10H,3-4,8-9,11H2,1-2H3,(H,19,22). The summed E-state index contributed by atoms with van der Waals surface area (Å²) in [7, 11) is 1.58. The number of carbonyl (C=O) groups excluding carboxylic acids is 1. The summed E-state index contributed by atoms with van der Waals surface area (Å²) >= 11 is 0. The summed E-state index contributed by atoms with van der Waals surface area (Å²) in [6.45, 7) is 1.85. The molecular weight excluding hydrogens is 306 g/mol. The lowest BCUT2D eigenvalue weighted by atomic mass is 9.97. The molecule has 1 aromatic heterocycles. The molecule has 1 aliphatic carbocycles. The van der Waals surface area contributed by atoms with Crippen LogP contribution in [0, 0.1) is 6.92 Å². The minimum Gasteiger partial charge on any atom is -0.484 e. The largest absolute Gasteiger partial charge is 0.484 e. The van der Waals surface area contributed by atoms with Crippen molar-refractivity contribution in [1.82, 2.24) is 15.3 Å². The van der Waals surface area contributed by atoms with E-state index >= 15 is 0 Å². The molecule has 1 N–H and O–H groups in total. The maximum Gasteiger partial charge on any atom is 0.257 e. The number of ether oxygens (including phenoxy) is 2. The van der Waals surface area contributed by atoms with Crippen LogP contribution in [0.15, 0.2) is 24.3 Å². The summed E-state index contributed by atoms with van der Waals surface area (Å²) in [6, 6.07) is 7.22. The fourth-order valence-corrected chi connectivity index (χ4v) is 2.72. The van der Waals surface area contributed by atoms with E-state index in [1.807, 2.05) is 19.1 Å². The number of fused-ring (bicyclic) bond motifs is 1. The Balaban J connectivity index is 1.79. The van der Waals surface area contributed by atoms with Crippen LogP contribution in [0.5, 0.6) is 17.4 Å². The van der Waals surface area contributed by atoms with Crippen molar-refractivity contribution in [3.05, 3.63) is 41.3 Å². The van der Waals surface area contributed by atoms with Crippen molar-refractivity contribution in [3.63, 3.8) is 0 Å². The van der Waals surface area contributed by atoms with Gasteiger partial charge in [-0.15, -0.1) is 0 Å². The molecule has 0 saturated heterocycles. The summed E-state index contributed by atoms with van der Waals surface area (Å²) in [5.74, 6) is 2.38. The number of hydrogen-bond acceptors (Lipinski definition) is 5. The predicted molar refractivity (Wildman–Crippen MR) is 89.5 cm³/mol. The first kappa shape index (κ1) is 16.2. The van der Waals surface area contributed by atoms with Crippen LogP contribution in [0.1, 0.15) is 29.9 Å². The first-order chi connectivity index (χ1) is 11.7. The minimum absolute atomic E-state index is 0.0258. The number of nitrogens with one attached hydrogen (secondary N) is 1. The summed E-state index contributed by atoms with van der Waals surface area (Å²) in [6.07, 6.45) is 4.21. The Bertz CT molecular complexity index is 746. The second kappa shape index (κ2) is 7.29. The monoisotopic (exact) mass is 327 g/mol. The second-order valence-corrected chi connectivity index (χ2v) is 5.75. The highest BCUT2D eigenvalue weighted by molar-refractivity contribution is 5.77. The summed E-state index contributed by atoms with van der Waals surface area (Å²) < 4.78 is 11.4. The quantitative estimate of drug-likeness (QED) is 0.914. The first-order valence-corrected chi connectivity index (χ1v) is 8.13. The second-order valence-electron chi connectivity index (χ2n) is 5.75. The van der Waals surface area contributed by atoms with E-state index in [1.54, 1.807) is 19.2 Å². The van der Waals surface area contributed by atoms with Crippen molar-refractivity contribution in [2.24, 2.45) is 0 Å². The molecule has 1 heterocycles. The number of rotatable bonds is 5. The summed E-state index contributed by atoms with van der Waals surface area (Å²) in [5, 5.41) is 2.52. The molecule has 3 rings (SSSR count). The number of amides is 1. The molecule has 2 aromatic rings. The Kier molecular flexibility index (Phi) is 4.93. The summed E-state index contributed by atoms with van der Waals surface area (Å²) in [5.41, 5.74) is 2.19. The number of carbonyl (C=O) groups is 1. The van der Waals surface area contributed by atoms with Crippen molar-refractivity contribution in [1.29, 1.82) is 0 Å². The molecule has 0 bridgehead atoms. The fraction of sp³-hybridized carbons (Fsp3) is 0.389. The minimum atomic E-state index is -0.179. The van der Waals surface area contributed by atoms with E-state index in [-0.39, 0.29) is 12.5 Å². The van der Waals surface area contributed by atoms with Gasteiger partial charge in [-0.05, 0) is 44.7 Å². The van der Waals surface area contributed by atoms with Crippen molar-refractivity contribution in [2.75, 3.05) is 13.7 Å². The van der Waals surface area contributed by atoms with E-state index in [9.17, 15) is 4.79 Å². The predicted octanol–water partition coefficient (Wildman–Crippen LogP) is 2.58. The van der Waals surface area contributed by atoms with E-state index in [0.717, 1.165) is 42.8 Å². The van der Waals surface area contributed by atoms with Gasteiger partial charge in [0.25, 0.3) is 5.91 Å². The highest BCUT2D eigenvalue weighted by atomic mass is 16.5. The molecule has 0 unspecified atom stereocenters. The van der Waals surface area contributed by atoms with Gasteiger partial charge >= 0.3 is 0 Å². The van der Waals surface area contributed by atoms with E-state index in [0.29, 0.717) is 17.4 Å². The number of nitrogens with zero attached hydrogens (tertiary/aromatic N) is 2. The van der Waals surface area contributed by atoms with E-state index in [4.69, 9.17) is 9.47 Å². The molecule has 1 aromatic carbocycles. The Morgan fingerprint density at radius 2 is 2.00 bits per heavy atom. The van der Waals surface area contributed by atoms with Crippen molar-refractivity contribution < 1.29 is 14.3 Å². The van der Waals surface area contributed by atoms with E-state index in [2.05, 4.69) is 15.3 Å². The van der Waals surface area contributed by atoms with Crippen LogP contribution >= 0.6 is 0 Å². The number of aromatic nitrogens is 2. The summed E-state index contributed by atoms with van der Waals surface area (Å²) in [4.78, 5) is 20.3. The molecule has 0 aliphatic heterocycles. The van der Waals surface area contributed by atoms with Gasteiger partial charge in [0.2, 0.25) is 5.88 Å². The van der Waals surface area contributed by atoms with Gasteiger partial charge in [-0.3, -0.25) is 4.79 Å². The lowest BCUT2D eigenvalue weighted by Gasteiger charge is -2.18. The van der Waals surface area contributed by atoms with Crippen molar-refractivity contribution in [2.45, 2.75) is 32.6 Å². The molecule has 6 nitrogen and oxygen atoms in total. The number of likely N-dealkylation sites (N-methyl/N-ethyl adjacent to an activating group) is 1. The lowest BCUT2D eigenvalue weighted by Crippen LogP contribution is -2.24. The zero-order valence-electron chi connectivity index (χ0n) is 14.0. The van der Waals surface area contributed by atoms with Crippen LogP contribution in [-0.4, -0.2) is 29.5 Å². The molecule has 126 valence electrons. The number of aryl methyl sites for hydroxylation is 2. The molecule has 1 aliphatic rings. The van der Waals surface area contributed by atoms with E-state index < -0.39 is 0 Å². The molecular formula is C18H21N3O3. The molecule has 24 heavy (non-hydrogen) atoms. The Hall–Kier alpha value is -2.63. The zero-order chi connectivity index (χ0) is 16.9. The van der Waals surface area contributed by atoms with Crippen LogP contribution in [0.3, 0.4) is 0 Å². The van der Waals surface area contributed by atoms with Gasteiger partial charge in [0.15, 0.2) is 6.61 Å². The number of benzene rings is 1. The first-order valence-electron chi connectivity index (χ1n) is 8.13. The maximum atomic E-state index is 11.3. The normalized spacial score (nSPS) is 13.1. The van der Waals surface area contributed by atoms with Gasteiger partial charge in [0.05, 0.1) is 5.69 Å². The Morgan fingerprint density at radius 1 is 1.21 bits per heavy atom. The molecule has 1 amide bonds. The van der Waals surface area contributed by atoms with Crippen LogP contribution in [-0.2, 0) is 17.6 Å². The van der Waals surface area contributed by atoms with Gasteiger partial charge in [0, 0.05) is 18.7 Å². The Labute approximate surface area is 141 Å². The van der Waals surface area contributed by atoms with Crippen molar-refractivity contribution in [3.8, 4) is 17.4 Å². The van der Waals surface area contributed by atoms with Gasteiger partial charge in [-0.25, -0.2) is 4.98 Å². The van der Waals surface area contributed by atoms with Gasteiger partial charge in [0.1, 0.15) is 17.3 Å². The molecule has 0 radical (unpaired) electrons. The average Bonchev–Trinajstić information content (AvgIpc) is 2.60. The molecule has 0 fully saturated rings. The van der Waals surface area contributed by atoms with Crippen LogP contribution in [0.4, 0.5) is 0 Å². The molecule has 0 saturated carbocycles. The Morgan fingerprint density at radius 3 is 2.83 bits per heavy atom. The van der Waals surface area contributed by atoms with Crippen LogP contribution < -0.4 is 14.8 Å². The lowest BCUT2D eigenvalue weighted by molar-refractivity contribution is -0.122. The highest BCUT2D eigenvalue weighted by Gasteiger charge is 2.18. The third-order valence-electron chi connectivity index (χ3n) is 3.93. The third-order valence-corrected chi connectivity index (χ3v) is 3.93. The van der Waals surface area contributed by atoms with Crippen LogP contribution in [0.25, 0.3) is 0 Å². The van der Waals surface area contributed by atoms with Crippen LogP contribution in [0.2, 0.25) is 0 Å². The molecule has 0 atom stereocenters. The van der Waals surface area contributed by atoms with Gasteiger partial charge in [-0.2, -0.15) is 4.98 Å².